The van der Waals surface area contributed by atoms with Crippen molar-refractivity contribution in [2.24, 2.45) is 12.5 Å². The first-order valence-corrected chi connectivity index (χ1v) is 6.91. The molecule has 3 rings (SSSR count). The predicted octanol–water partition coefficient (Wildman–Crippen LogP) is 3.19. The Hall–Kier alpha value is -1.97. The number of nitrogen functional groups attached to an aromatic ring is 1. The van der Waals surface area contributed by atoms with E-state index in [0.29, 0.717) is 11.3 Å². The molecule has 1 aromatic heterocycles. The molecule has 0 spiro atoms. The molecule has 0 aliphatic heterocycles. The number of aryl methyl sites for hydroxylation is 1. The molecule has 2 N–H and O–H groups in total. The quantitative estimate of drug-likeness (QED) is 0.932. The van der Waals surface area contributed by atoms with Gasteiger partial charge in [0, 0.05) is 18.5 Å². The van der Waals surface area contributed by atoms with Gasteiger partial charge in [-0.3, -0.25) is 4.68 Å². The SMILES string of the molecule is COc1cccc(-c2c(C3CC3(C)C)nn(C)c2N)c1. The number of nitrogens with two attached hydrogens (primary N) is 1. The molecule has 1 heterocycles. The van der Waals surface area contributed by atoms with Crippen molar-refractivity contribution >= 4 is 5.82 Å². The van der Waals surface area contributed by atoms with E-state index in [-0.39, 0.29) is 0 Å². The lowest BCUT2D eigenvalue weighted by Gasteiger charge is -2.07. The number of rotatable bonds is 3. The van der Waals surface area contributed by atoms with Gasteiger partial charge in [-0.2, -0.15) is 5.10 Å². The monoisotopic (exact) mass is 271 g/mol. The fraction of sp³-hybridized carbons (Fsp3) is 0.438. The number of ether oxygens (including phenoxy) is 1. The number of benzene rings is 1. The van der Waals surface area contributed by atoms with Crippen LogP contribution < -0.4 is 10.5 Å². The second-order valence-corrected chi connectivity index (χ2v) is 6.25. The smallest absolute Gasteiger partial charge is 0.129 e. The molecule has 0 radical (unpaired) electrons. The molecular weight excluding hydrogens is 250 g/mol. The van der Waals surface area contributed by atoms with Gasteiger partial charge in [0.2, 0.25) is 0 Å². The van der Waals surface area contributed by atoms with Crippen LogP contribution in [-0.2, 0) is 7.05 Å². The summed E-state index contributed by atoms with van der Waals surface area (Å²) in [5.41, 5.74) is 9.82. The maximum Gasteiger partial charge on any atom is 0.129 e. The predicted molar refractivity (Wildman–Crippen MR) is 80.7 cm³/mol. The molecule has 106 valence electrons. The number of methoxy groups -OCH3 is 1. The van der Waals surface area contributed by atoms with Crippen LogP contribution in [0.25, 0.3) is 11.1 Å². The van der Waals surface area contributed by atoms with Crippen LogP contribution in [0.5, 0.6) is 5.75 Å². The molecule has 1 atom stereocenters. The van der Waals surface area contributed by atoms with Gasteiger partial charge in [0.15, 0.2) is 0 Å². The maximum atomic E-state index is 6.24. The summed E-state index contributed by atoms with van der Waals surface area (Å²) >= 11 is 0. The molecule has 20 heavy (non-hydrogen) atoms. The van der Waals surface area contributed by atoms with Crippen LogP contribution in [0.1, 0.15) is 31.9 Å². The molecule has 1 saturated carbocycles. The molecule has 0 bridgehead atoms. The van der Waals surface area contributed by atoms with Crippen molar-refractivity contribution in [3.8, 4) is 16.9 Å². The minimum Gasteiger partial charge on any atom is -0.497 e. The topological polar surface area (TPSA) is 53.1 Å². The van der Waals surface area contributed by atoms with Crippen LogP contribution in [0.3, 0.4) is 0 Å². The number of aromatic nitrogens is 2. The summed E-state index contributed by atoms with van der Waals surface area (Å²) in [4.78, 5) is 0. The van der Waals surface area contributed by atoms with Crippen molar-refractivity contribution in [2.45, 2.75) is 26.2 Å². The summed E-state index contributed by atoms with van der Waals surface area (Å²) in [7, 11) is 3.58. The highest BCUT2D eigenvalue weighted by atomic mass is 16.5. The van der Waals surface area contributed by atoms with E-state index in [4.69, 9.17) is 10.5 Å². The summed E-state index contributed by atoms with van der Waals surface area (Å²) in [6, 6.07) is 8.01. The van der Waals surface area contributed by atoms with Crippen molar-refractivity contribution in [1.29, 1.82) is 0 Å². The highest BCUT2D eigenvalue weighted by molar-refractivity contribution is 5.78. The minimum absolute atomic E-state index is 0.328. The summed E-state index contributed by atoms with van der Waals surface area (Å²) in [5.74, 6) is 2.05. The number of hydrogen-bond acceptors (Lipinski definition) is 3. The molecule has 1 aliphatic rings. The Bertz CT molecular complexity index is 658. The summed E-state index contributed by atoms with van der Waals surface area (Å²) in [6.07, 6.45) is 1.17. The Labute approximate surface area is 119 Å². The van der Waals surface area contributed by atoms with Gasteiger partial charge in [-0.1, -0.05) is 26.0 Å². The Morgan fingerprint density at radius 2 is 2.10 bits per heavy atom. The molecule has 1 aromatic carbocycles. The molecule has 0 saturated heterocycles. The lowest BCUT2D eigenvalue weighted by Crippen LogP contribution is -1.98. The van der Waals surface area contributed by atoms with Gasteiger partial charge in [0.1, 0.15) is 11.6 Å². The van der Waals surface area contributed by atoms with Gasteiger partial charge in [-0.15, -0.1) is 0 Å². The lowest BCUT2D eigenvalue weighted by molar-refractivity contribution is 0.415. The molecule has 1 aliphatic carbocycles. The number of anilines is 1. The average molecular weight is 271 g/mol. The van der Waals surface area contributed by atoms with Gasteiger partial charge in [-0.25, -0.2) is 0 Å². The molecule has 4 heteroatoms. The van der Waals surface area contributed by atoms with E-state index < -0.39 is 0 Å². The fourth-order valence-electron chi connectivity index (χ4n) is 2.81. The number of hydrogen-bond donors (Lipinski definition) is 1. The van der Waals surface area contributed by atoms with Crippen LogP contribution in [0.2, 0.25) is 0 Å². The van der Waals surface area contributed by atoms with Crippen molar-refractivity contribution < 1.29 is 4.74 Å². The summed E-state index contributed by atoms with van der Waals surface area (Å²) in [5, 5.41) is 4.65. The van der Waals surface area contributed by atoms with Crippen molar-refractivity contribution in [2.75, 3.05) is 12.8 Å². The second kappa shape index (κ2) is 4.27. The fourth-order valence-corrected chi connectivity index (χ4v) is 2.81. The van der Waals surface area contributed by atoms with Crippen molar-refractivity contribution in [3.05, 3.63) is 30.0 Å². The average Bonchev–Trinajstić information content (AvgIpc) is 2.95. The van der Waals surface area contributed by atoms with E-state index in [1.165, 1.54) is 6.42 Å². The normalized spacial score (nSPS) is 19.9. The van der Waals surface area contributed by atoms with Gasteiger partial charge < -0.3 is 10.5 Å². The van der Waals surface area contributed by atoms with E-state index in [9.17, 15) is 0 Å². The third kappa shape index (κ3) is 1.96. The summed E-state index contributed by atoms with van der Waals surface area (Å²) in [6.45, 7) is 4.55. The molecule has 2 aromatic rings. The van der Waals surface area contributed by atoms with Crippen LogP contribution in [0.15, 0.2) is 24.3 Å². The molecule has 1 fully saturated rings. The Morgan fingerprint density at radius 1 is 1.40 bits per heavy atom. The second-order valence-electron chi connectivity index (χ2n) is 6.25. The third-order valence-corrected chi connectivity index (χ3v) is 4.32. The lowest BCUT2D eigenvalue weighted by atomic mass is 9.99. The first-order valence-electron chi connectivity index (χ1n) is 6.91. The summed E-state index contributed by atoms with van der Waals surface area (Å²) < 4.78 is 7.09. The van der Waals surface area contributed by atoms with Crippen LogP contribution in [0.4, 0.5) is 5.82 Å². The Balaban J connectivity index is 2.12. The van der Waals surface area contributed by atoms with Crippen LogP contribution >= 0.6 is 0 Å². The van der Waals surface area contributed by atoms with Gasteiger partial charge in [-0.05, 0) is 29.5 Å². The zero-order chi connectivity index (χ0) is 14.5. The van der Waals surface area contributed by atoms with E-state index >= 15 is 0 Å². The van der Waals surface area contributed by atoms with Gasteiger partial charge in [0.25, 0.3) is 0 Å². The first-order chi connectivity index (χ1) is 9.44. The van der Waals surface area contributed by atoms with E-state index in [1.54, 1.807) is 11.8 Å². The minimum atomic E-state index is 0.328. The largest absolute Gasteiger partial charge is 0.497 e. The van der Waals surface area contributed by atoms with Crippen molar-refractivity contribution in [1.82, 2.24) is 9.78 Å². The number of nitrogens with zero attached hydrogens (tertiary/aromatic N) is 2. The zero-order valence-electron chi connectivity index (χ0n) is 12.5. The highest BCUT2D eigenvalue weighted by Gasteiger charge is 2.49. The van der Waals surface area contributed by atoms with Crippen molar-refractivity contribution in [3.63, 3.8) is 0 Å². The van der Waals surface area contributed by atoms with Crippen LogP contribution in [0, 0.1) is 5.41 Å². The Morgan fingerprint density at radius 3 is 2.70 bits per heavy atom. The molecular formula is C16H21N3O. The van der Waals surface area contributed by atoms with Gasteiger partial charge in [0.05, 0.1) is 12.8 Å². The molecule has 4 nitrogen and oxygen atoms in total. The zero-order valence-corrected chi connectivity index (χ0v) is 12.5. The third-order valence-electron chi connectivity index (χ3n) is 4.32. The molecule has 1 unspecified atom stereocenters. The van der Waals surface area contributed by atoms with Crippen LogP contribution in [-0.4, -0.2) is 16.9 Å². The van der Waals surface area contributed by atoms with E-state index in [2.05, 4.69) is 25.0 Å². The maximum absolute atomic E-state index is 6.24. The highest BCUT2D eigenvalue weighted by Crippen LogP contribution is 2.60. The standard InChI is InChI=1S/C16H21N3O/c1-16(2)9-12(16)14-13(15(17)19(3)18-14)10-6-5-7-11(8-10)20-4/h5-8,12H,9,17H2,1-4H3. The van der Waals surface area contributed by atoms with E-state index in [1.807, 2.05) is 25.2 Å². The first kappa shape index (κ1) is 13.0. The van der Waals surface area contributed by atoms with Gasteiger partial charge >= 0.3 is 0 Å². The Kier molecular flexibility index (Phi) is 2.78. The van der Waals surface area contributed by atoms with E-state index in [0.717, 1.165) is 28.4 Å². The molecule has 0 amide bonds.